The normalized spacial score (nSPS) is 18.9. The number of aromatic nitrogens is 3. The van der Waals surface area contributed by atoms with Gasteiger partial charge in [-0.15, -0.1) is 0 Å². The number of primary amides is 1. The van der Waals surface area contributed by atoms with E-state index in [-0.39, 0.29) is 11.6 Å². The molecule has 3 heterocycles. The van der Waals surface area contributed by atoms with E-state index in [1.165, 1.54) is 6.20 Å². The van der Waals surface area contributed by atoms with Crippen LogP contribution >= 0.6 is 11.6 Å². The summed E-state index contributed by atoms with van der Waals surface area (Å²) < 4.78 is 7.43. The number of hydrogen-bond acceptors (Lipinski definition) is 6. The Kier molecular flexibility index (Phi) is 5.61. The van der Waals surface area contributed by atoms with Crippen molar-refractivity contribution in [1.29, 1.82) is 0 Å². The van der Waals surface area contributed by atoms with Gasteiger partial charge in [-0.25, -0.2) is 9.67 Å². The lowest BCUT2D eigenvalue weighted by Crippen LogP contribution is -2.38. The summed E-state index contributed by atoms with van der Waals surface area (Å²) in [5.74, 6) is 0.714. The predicted octanol–water partition coefficient (Wildman–Crippen LogP) is 3.38. The topological polar surface area (TPSA) is 121 Å². The lowest BCUT2D eigenvalue weighted by molar-refractivity contribution is 0.100. The number of ether oxygens (including phenoxy) is 1. The standard InChI is InChI=1S/C21H23ClN6O2/c1-12-2-6-15(11-25-12)28-20(23)18(21(24)29)19(27-28)13-3-7-16(8-4-13)30-17-9-5-14(22)10-26-17/h3-5,7-10,12,15,25H,2,6,11,23H2,1H3,(H2,24,29). The van der Waals surface area contributed by atoms with E-state index in [4.69, 9.17) is 27.8 Å². The van der Waals surface area contributed by atoms with Crippen LogP contribution in [0.5, 0.6) is 11.6 Å². The fourth-order valence-corrected chi connectivity index (χ4v) is 3.70. The number of nitrogen functional groups attached to an aromatic ring is 1. The van der Waals surface area contributed by atoms with Crippen LogP contribution < -0.4 is 21.5 Å². The maximum absolute atomic E-state index is 12.1. The Balaban J connectivity index is 1.61. The van der Waals surface area contributed by atoms with Crippen molar-refractivity contribution >= 4 is 23.3 Å². The van der Waals surface area contributed by atoms with E-state index in [0.29, 0.717) is 34.2 Å². The molecule has 0 spiro atoms. The van der Waals surface area contributed by atoms with Crippen LogP contribution in [0.2, 0.25) is 5.02 Å². The molecular formula is C21H23ClN6O2. The van der Waals surface area contributed by atoms with Gasteiger partial charge in [-0.2, -0.15) is 5.10 Å². The summed E-state index contributed by atoms with van der Waals surface area (Å²) in [6, 6.07) is 11.1. The number of hydrogen-bond donors (Lipinski definition) is 3. The Morgan fingerprint density at radius 2 is 2.00 bits per heavy atom. The number of carbonyl (C=O) groups is 1. The highest BCUT2D eigenvalue weighted by molar-refractivity contribution is 6.30. The van der Waals surface area contributed by atoms with Gasteiger partial charge in [-0.1, -0.05) is 11.6 Å². The first-order valence-electron chi connectivity index (χ1n) is 9.73. The first-order valence-corrected chi connectivity index (χ1v) is 10.1. The highest BCUT2D eigenvalue weighted by Gasteiger charge is 2.27. The van der Waals surface area contributed by atoms with E-state index < -0.39 is 5.91 Å². The third-order valence-electron chi connectivity index (χ3n) is 5.23. The van der Waals surface area contributed by atoms with Gasteiger partial charge in [-0.05, 0) is 50.1 Å². The van der Waals surface area contributed by atoms with Crippen molar-refractivity contribution in [1.82, 2.24) is 20.1 Å². The maximum atomic E-state index is 12.1. The third kappa shape index (κ3) is 4.10. The minimum Gasteiger partial charge on any atom is -0.439 e. The van der Waals surface area contributed by atoms with Gasteiger partial charge < -0.3 is 21.5 Å². The lowest BCUT2D eigenvalue weighted by atomic mass is 10.0. The molecule has 2 aromatic heterocycles. The molecule has 1 aromatic carbocycles. The first-order chi connectivity index (χ1) is 14.4. The van der Waals surface area contributed by atoms with E-state index in [1.54, 1.807) is 28.9 Å². The Morgan fingerprint density at radius 1 is 1.23 bits per heavy atom. The van der Waals surface area contributed by atoms with Crippen molar-refractivity contribution < 1.29 is 9.53 Å². The van der Waals surface area contributed by atoms with Gasteiger partial charge in [0.15, 0.2) is 0 Å². The fraction of sp³-hybridized carbons (Fsp3) is 0.286. The molecule has 1 aliphatic rings. The van der Waals surface area contributed by atoms with Gasteiger partial charge >= 0.3 is 0 Å². The van der Waals surface area contributed by atoms with Crippen molar-refractivity contribution in [3.05, 3.63) is 53.2 Å². The minimum absolute atomic E-state index is 0.0756. The average Bonchev–Trinajstić information content (AvgIpc) is 3.08. The van der Waals surface area contributed by atoms with Gasteiger partial charge in [0, 0.05) is 30.4 Å². The van der Waals surface area contributed by atoms with E-state index >= 15 is 0 Å². The number of halogens is 1. The zero-order valence-electron chi connectivity index (χ0n) is 16.5. The van der Waals surface area contributed by atoms with Crippen LogP contribution in [0.15, 0.2) is 42.6 Å². The molecule has 1 amide bonds. The van der Waals surface area contributed by atoms with E-state index in [1.807, 2.05) is 12.1 Å². The summed E-state index contributed by atoms with van der Waals surface area (Å²) >= 11 is 5.84. The molecule has 2 atom stereocenters. The maximum Gasteiger partial charge on any atom is 0.254 e. The summed E-state index contributed by atoms with van der Waals surface area (Å²) in [6.07, 6.45) is 3.45. The molecule has 5 N–H and O–H groups in total. The van der Waals surface area contributed by atoms with Gasteiger partial charge in [0.25, 0.3) is 5.91 Å². The van der Waals surface area contributed by atoms with Crippen LogP contribution in [0.25, 0.3) is 11.3 Å². The number of carbonyl (C=O) groups excluding carboxylic acids is 1. The quantitative estimate of drug-likeness (QED) is 0.575. The van der Waals surface area contributed by atoms with E-state index in [0.717, 1.165) is 24.9 Å². The first kappa shape index (κ1) is 20.2. The molecule has 1 fully saturated rings. The molecule has 0 bridgehead atoms. The van der Waals surface area contributed by atoms with Crippen LogP contribution in [0.3, 0.4) is 0 Å². The second kappa shape index (κ2) is 8.33. The number of rotatable bonds is 5. The summed E-state index contributed by atoms with van der Waals surface area (Å²) in [5, 5.41) is 8.62. The summed E-state index contributed by atoms with van der Waals surface area (Å²) in [5.41, 5.74) is 13.3. The number of nitrogens with two attached hydrogens (primary N) is 2. The van der Waals surface area contributed by atoms with Crippen LogP contribution in [0.4, 0.5) is 5.82 Å². The summed E-state index contributed by atoms with van der Waals surface area (Å²) in [7, 11) is 0. The molecule has 4 rings (SSSR count). The third-order valence-corrected chi connectivity index (χ3v) is 5.45. The molecule has 1 saturated heterocycles. The van der Waals surface area contributed by atoms with E-state index in [2.05, 4.69) is 22.3 Å². The van der Waals surface area contributed by atoms with E-state index in [9.17, 15) is 4.79 Å². The molecule has 0 aliphatic carbocycles. The lowest BCUT2D eigenvalue weighted by Gasteiger charge is -2.28. The fourth-order valence-electron chi connectivity index (χ4n) is 3.59. The molecular weight excluding hydrogens is 404 g/mol. The molecule has 156 valence electrons. The Labute approximate surface area is 179 Å². The average molecular weight is 427 g/mol. The Morgan fingerprint density at radius 3 is 2.60 bits per heavy atom. The molecule has 0 saturated carbocycles. The monoisotopic (exact) mass is 426 g/mol. The summed E-state index contributed by atoms with van der Waals surface area (Å²) in [6.45, 7) is 2.89. The van der Waals surface area contributed by atoms with Crippen LogP contribution in [0, 0.1) is 0 Å². The Bertz CT molecular complexity index is 1040. The van der Waals surface area contributed by atoms with Crippen LogP contribution in [-0.2, 0) is 0 Å². The van der Waals surface area contributed by atoms with Gasteiger partial charge in [0.05, 0.1) is 11.1 Å². The SMILES string of the molecule is CC1CCC(n2nc(-c3ccc(Oc4ccc(Cl)cn4)cc3)c(C(N)=O)c2N)CN1. The second-order valence-electron chi connectivity index (χ2n) is 7.40. The number of amides is 1. The van der Waals surface area contributed by atoms with Gasteiger partial charge in [-0.3, -0.25) is 4.79 Å². The summed E-state index contributed by atoms with van der Waals surface area (Å²) in [4.78, 5) is 16.2. The van der Waals surface area contributed by atoms with Crippen molar-refractivity contribution in [3.63, 3.8) is 0 Å². The van der Waals surface area contributed by atoms with Crippen molar-refractivity contribution in [2.75, 3.05) is 12.3 Å². The molecule has 2 unspecified atom stereocenters. The molecule has 1 aliphatic heterocycles. The van der Waals surface area contributed by atoms with Gasteiger partial charge in [0.2, 0.25) is 5.88 Å². The van der Waals surface area contributed by atoms with Crippen molar-refractivity contribution in [3.8, 4) is 22.9 Å². The zero-order chi connectivity index (χ0) is 21.3. The molecule has 0 radical (unpaired) electrons. The van der Waals surface area contributed by atoms with Crippen molar-refractivity contribution in [2.45, 2.75) is 31.8 Å². The molecule has 30 heavy (non-hydrogen) atoms. The van der Waals surface area contributed by atoms with Gasteiger partial charge in [0.1, 0.15) is 22.8 Å². The number of anilines is 1. The largest absolute Gasteiger partial charge is 0.439 e. The molecule has 8 nitrogen and oxygen atoms in total. The van der Waals surface area contributed by atoms with Crippen LogP contribution in [0.1, 0.15) is 36.2 Å². The number of piperidine rings is 1. The molecule has 9 heteroatoms. The minimum atomic E-state index is -0.600. The number of benzene rings is 1. The molecule has 3 aromatic rings. The number of nitrogens with one attached hydrogen (secondary N) is 1. The number of nitrogens with zero attached hydrogens (tertiary/aromatic N) is 3. The van der Waals surface area contributed by atoms with Crippen molar-refractivity contribution in [2.24, 2.45) is 5.73 Å². The second-order valence-corrected chi connectivity index (χ2v) is 7.84. The number of pyridine rings is 1. The zero-order valence-corrected chi connectivity index (χ0v) is 17.3. The highest BCUT2D eigenvalue weighted by atomic mass is 35.5. The predicted molar refractivity (Wildman–Crippen MR) is 116 cm³/mol. The van der Waals surface area contributed by atoms with Crippen LogP contribution in [-0.4, -0.2) is 33.3 Å². The smallest absolute Gasteiger partial charge is 0.254 e. The highest BCUT2D eigenvalue weighted by Crippen LogP contribution is 2.32. The Hall–Kier alpha value is -3.10.